The number of rotatable bonds is 3. The highest BCUT2D eigenvalue weighted by Crippen LogP contribution is 2.30. The number of nitrogens with one attached hydrogen (secondary N) is 1. The molecule has 0 bridgehead atoms. The Morgan fingerprint density at radius 1 is 1.37 bits per heavy atom. The number of aromatic nitrogens is 3. The fourth-order valence-corrected chi connectivity index (χ4v) is 1.16. The number of hydrogen-bond donors (Lipinski definition) is 3. The fraction of sp³-hybridized carbons (Fsp3) is 0.286. The van der Waals surface area contributed by atoms with E-state index in [1.165, 1.54) is 5.32 Å². The van der Waals surface area contributed by atoms with Gasteiger partial charge >= 0.3 is 18.2 Å². The van der Waals surface area contributed by atoms with Gasteiger partial charge in [-0.3, -0.25) is 10.1 Å². The van der Waals surface area contributed by atoms with Crippen molar-refractivity contribution in [3.63, 3.8) is 0 Å². The van der Waals surface area contributed by atoms with E-state index in [-0.39, 0.29) is 4.68 Å². The molecule has 0 aliphatic rings. The molecule has 12 heteroatoms. The quantitative estimate of drug-likeness (QED) is 0.661. The number of carbonyl (C=O) groups excluding carboxylic acids is 2. The van der Waals surface area contributed by atoms with Crippen molar-refractivity contribution in [1.82, 2.24) is 20.3 Å². The van der Waals surface area contributed by atoms with Crippen LogP contribution >= 0.6 is 0 Å². The van der Waals surface area contributed by atoms with E-state index in [1.807, 2.05) is 0 Å². The summed E-state index contributed by atoms with van der Waals surface area (Å²) in [6.45, 7) is -1.06. The van der Waals surface area contributed by atoms with Gasteiger partial charge in [0.1, 0.15) is 6.54 Å². The first-order valence-electron chi connectivity index (χ1n) is 4.46. The van der Waals surface area contributed by atoms with E-state index in [1.54, 1.807) is 0 Å². The number of carboxylic acids is 1. The Hall–Kier alpha value is -2.66. The number of nitrogens with two attached hydrogens (primary N) is 1. The minimum Gasteiger partial charge on any atom is -0.476 e. The van der Waals surface area contributed by atoms with Crippen LogP contribution in [0.25, 0.3) is 0 Å². The largest absolute Gasteiger partial charge is 0.476 e. The smallest absolute Gasteiger partial charge is 0.435 e. The van der Waals surface area contributed by atoms with Crippen LogP contribution in [0.1, 0.15) is 16.2 Å². The van der Waals surface area contributed by atoms with Crippen LogP contribution in [0.3, 0.4) is 0 Å². The molecule has 1 heterocycles. The zero-order chi connectivity index (χ0) is 14.8. The first-order valence-corrected chi connectivity index (χ1v) is 4.46. The van der Waals surface area contributed by atoms with Gasteiger partial charge in [-0.05, 0) is 0 Å². The van der Waals surface area contributed by atoms with Gasteiger partial charge in [0.05, 0.1) is 0 Å². The summed E-state index contributed by atoms with van der Waals surface area (Å²) < 4.78 is 37.9. The summed E-state index contributed by atoms with van der Waals surface area (Å²) >= 11 is 0. The lowest BCUT2D eigenvalue weighted by Crippen LogP contribution is -2.38. The van der Waals surface area contributed by atoms with E-state index in [9.17, 15) is 27.6 Å². The summed E-state index contributed by atoms with van der Waals surface area (Å²) in [5.41, 5.74) is 1.54. The van der Waals surface area contributed by atoms with Crippen LogP contribution in [0.2, 0.25) is 0 Å². The lowest BCUT2D eigenvalue weighted by molar-refractivity contribution is -0.145. The number of carboxylic acid groups (broad SMARTS) is 1. The van der Waals surface area contributed by atoms with Crippen LogP contribution in [0.5, 0.6) is 0 Å². The summed E-state index contributed by atoms with van der Waals surface area (Å²) in [5.74, 6) is -3.14. The first kappa shape index (κ1) is 14.4. The molecule has 0 saturated carbocycles. The van der Waals surface area contributed by atoms with E-state index in [0.717, 1.165) is 0 Å². The molecular weight excluding hydrogens is 275 g/mol. The van der Waals surface area contributed by atoms with Gasteiger partial charge in [0, 0.05) is 0 Å². The third kappa shape index (κ3) is 3.40. The van der Waals surface area contributed by atoms with Crippen molar-refractivity contribution < 1.29 is 32.7 Å². The highest BCUT2D eigenvalue weighted by molar-refractivity contribution is 5.93. The van der Waals surface area contributed by atoms with E-state index in [2.05, 4.69) is 16.0 Å². The second-order valence-electron chi connectivity index (χ2n) is 3.16. The van der Waals surface area contributed by atoms with Gasteiger partial charge in [-0.25, -0.2) is 14.3 Å². The predicted octanol–water partition coefficient (Wildman–Crippen LogP) is -0.810. The normalized spacial score (nSPS) is 11.1. The lowest BCUT2D eigenvalue weighted by atomic mass is 10.3. The van der Waals surface area contributed by atoms with Crippen LogP contribution < -0.4 is 11.1 Å². The van der Waals surface area contributed by atoms with Crippen LogP contribution in [-0.4, -0.2) is 38.0 Å². The van der Waals surface area contributed by atoms with Gasteiger partial charge in [0.2, 0.25) is 11.6 Å². The van der Waals surface area contributed by atoms with Gasteiger partial charge < -0.3 is 10.8 Å². The van der Waals surface area contributed by atoms with Crippen molar-refractivity contribution in [3.05, 3.63) is 11.4 Å². The van der Waals surface area contributed by atoms with E-state index in [4.69, 9.17) is 5.11 Å². The number of nitrogens with zero attached hydrogens (tertiary/aromatic N) is 3. The second-order valence-corrected chi connectivity index (χ2v) is 3.16. The number of imide groups is 1. The summed E-state index contributed by atoms with van der Waals surface area (Å²) in [7, 11) is 0. The van der Waals surface area contributed by atoms with E-state index in [0.29, 0.717) is 0 Å². The molecule has 19 heavy (non-hydrogen) atoms. The zero-order valence-electron chi connectivity index (χ0n) is 8.93. The molecule has 4 N–H and O–H groups in total. The maximum atomic E-state index is 12.6. The third-order valence-electron chi connectivity index (χ3n) is 1.76. The number of halogens is 3. The molecule has 0 aromatic carbocycles. The number of urea groups is 1. The molecule has 0 aliphatic carbocycles. The Morgan fingerprint density at radius 3 is 2.37 bits per heavy atom. The number of carbonyl (C=O) groups is 3. The average molecular weight is 281 g/mol. The van der Waals surface area contributed by atoms with Crippen LogP contribution in [0.15, 0.2) is 0 Å². The monoisotopic (exact) mass is 281 g/mol. The molecule has 0 fully saturated rings. The topological polar surface area (TPSA) is 140 Å². The van der Waals surface area contributed by atoms with Crippen molar-refractivity contribution in [2.45, 2.75) is 12.7 Å². The minimum atomic E-state index is -5.08. The molecule has 0 atom stereocenters. The fourth-order valence-electron chi connectivity index (χ4n) is 1.16. The highest BCUT2D eigenvalue weighted by Gasteiger charge is 2.41. The van der Waals surface area contributed by atoms with Crippen molar-refractivity contribution in [1.29, 1.82) is 0 Å². The second kappa shape index (κ2) is 4.91. The number of primary amides is 1. The molecule has 0 spiro atoms. The summed E-state index contributed by atoms with van der Waals surface area (Å²) in [6.07, 6.45) is -5.08. The molecule has 0 saturated heterocycles. The first-order chi connectivity index (χ1) is 8.62. The van der Waals surface area contributed by atoms with Gasteiger partial charge in [-0.1, -0.05) is 5.21 Å². The van der Waals surface area contributed by atoms with Crippen molar-refractivity contribution >= 4 is 17.9 Å². The molecule has 3 amide bonds. The summed E-state index contributed by atoms with van der Waals surface area (Å²) in [5, 5.41) is 15.8. The summed E-state index contributed by atoms with van der Waals surface area (Å²) in [6, 6.07) is -1.27. The molecule has 1 rings (SSSR count). The third-order valence-corrected chi connectivity index (χ3v) is 1.76. The predicted molar refractivity (Wildman–Crippen MR) is 49.7 cm³/mol. The SMILES string of the molecule is NC(=O)NC(=O)Cn1nnc(C(=O)O)c1C(F)(F)F. The minimum absolute atomic E-state index is 0.0156. The van der Waals surface area contributed by atoms with Gasteiger partial charge in [-0.2, -0.15) is 13.2 Å². The van der Waals surface area contributed by atoms with Gasteiger partial charge in [-0.15, -0.1) is 5.10 Å². The Labute approximate surface area is 102 Å². The molecule has 0 unspecified atom stereocenters. The summed E-state index contributed by atoms with van der Waals surface area (Å²) in [4.78, 5) is 31.9. The number of amides is 3. The number of aromatic carboxylic acids is 1. The Bertz CT molecular complexity index is 537. The molecule has 104 valence electrons. The number of alkyl halides is 3. The standard InChI is InChI=1S/C7H6F3N5O4/c8-7(9,10)4-3(5(17)18)13-14-15(4)1-2(16)12-6(11)19/h1H2,(H,17,18)(H3,11,12,16,19). The Balaban J connectivity index is 3.12. The van der Waals surface area contributed by atoms with Crippen LogP contribution in [0, 0.1) is 0 Å². The Morgan fingerprint density at radius 2 is 1.95 bits per heavy atom. The number of hydrogen-bond acceptors (Lipinski definition) is 5. The molecule has 1 aromatic rings. The molecule has 0 aliphatic heterocycles. The maximum absolute atomic E-state index is 12.6. The zero-order valence-corrected chi connectivity index (χ0v) is 8.93. The highest BCUT2D eigenvalue weighted by atomic mass is 19.4. The van der Waals surface area contributed by atoms with Gasteiger partial charge in [0.15, 0.2) is 5.69 Å². The molecule has 0 radical (unpaired) electrons. The van der Waals surface area contributed by atoms with Crippen LogP contribution in [-0.2, 0) is 17.5 Å². The van der Waals surface area contributed by atoms with Crippen molar-refractivity contribution in [2.24, 2.45) is 5.73 Å². The van der Waals surface area contributed by atoms with Crippen molar-refractivity contribution in [3.8, 4) is 0 Å². The van der Waals surface area contributed by atoms with E-state index >= 15 is 0 Å². The maximum Gasteiger partial charge on any atom is 0.435 e. The Kier molecular flexibility index (Phi) is 3.72. The molecule has 9 nitrogen and oxygen atoms in total. The molecule has 1 aromatic heterocycles. The van der Waals surface area contributed by atoms with Crippen LogP contribution in [0.4, 0.5) is 18.0 Å². The lowest BCUT2D eigenvalue weighted by Gasteiger charge is -2.09. The van der Waals surface area contributed by atoms with E-state index < -0.39 is 42.0 Å². The average Bonchev–Trinajstić information content (AvgIpc) is 2.58. The molecular formula is C7H6F3N5O4. The van der Waals surface area contributed by atoms with Gasteiger partial charge in [0.25, 0.3) is 0 Å². The van der Waals surface area contributed by atoms with Crippen molar-refractivity contribution in [2.75, 3.05) is 0 Å².